The third kappa shape index (κ3) is 5.84. The number of benzene rings is 2. The van der Waals surface area contributed by atoms with Gasteiger partial charge in [-0.1, -0.05) is 32.9 Å². The van der Waals surface area contributed by atoms with Gasteiger partial charge in [-0.05, 0) is 47.4 Å². The van der Waals surface area contributed by atoms with Gasteiger partial charge in [0.1, 0.15) is 11.6 Å². The lowest BCUT2D eigenvalue weighted by molar-refractivity contribution is -0.118. The minimum atomic E-state index is -0.0442. The van der Waals surface area contributed by atoms with Crippen molar-refractivity contribution >= 4 is 17.7 Å². The summed E-state index contributed by atoms with van der Waals surface area (Å²) in [7, 11) is 1.63. The molecule has 7 heteroatoms. The summed E-state index contributed by atoms with van der Waals surface area (Å²) >= 11 is 1.52. The number of aromatic nitrogens is 3. The molecule has 6 nitrogen and oxygen atoms in total. The zero-order valence-electron chi connectivity index (χ0n) is 17.2. The standard InChI is InChI=1S/C22H26N4O2S/c1-22(2,3)16-7-11-18(12-8-16)29-14-20(27)23-13-19-24-21(26-25-19)15-5-9-17(28-4)10-6-15/h5-12H,13-14H2,1-4H3,(H,23,27)(H,24,25,26). The highest BCUT2D eigenvalue weighted by atomic mass is 32.2. The molecule has 0 atom stereocenters. The molecular weight excluding hydrogens is 384 g/mol. The van der Waals surface area contributed by atoms with Crippen molar-refractivity contribution in [1.29, 1.82) is 0 Å². The molecule has 0 fully saturated rings. The summed E-state index contributed by atoms with van der Waals surface area (Å²) in [4.78, 5) is 17.7. The summed E-state index contributed by atoms with van der Waals surface area (Å²) in [5.74, 6) is 2.29. The Hall–Kier alpha value is -2.80. The molecule has 0 aliphatic heterocycles. The van der Waals surface area contributed by atoms with E-state index in [-0.39, 0.29) is 11.3 Å². The molecule has 2 N–H and O–H groups in total. The van der Waals surface area contributed by atoms with Crippen LogP contribution in [0.15, 0.2) is 53.4 Å². The van der Waals surface area contributed by atoms with Crippen LogP contribution in [0, 0.1) is 0 Å². The van der Waals surface area contributed by atoms with Gasteiger partial charge in [-0.3, -0.25) is 9.89 Å². The SMILES string of the molecule is COc1ccc(-c2n[nH]c(CNC(=O)CSc3ccc(C(C)(C)C)cc3)n2)cc1. The van der Waals surface area contributed by atoms with E-state index in [9.17, 15) is 4.79 Å². The van der Waals surface area contributed by atoms with E-state index in [1.54, 1.807) is 7.11 Å². The Kier molecular flexibility index (Phi) is 6.59. The van der Waals surface area contributed by atoms with Crippen molar-refractivity contribution in [3.63, 3.8) is 0 Å². The van der Waals surface area contributed by atoms with E-state index in [0.29, 0.717) is 23.9 Å². The van der Waals surface area contributed by atoms with Gasteiger partial charge in [0.2, 0.25) is 5.91 Å². The zero-order valence-corrected chi connectivity index (χ0v) is 18.0. The third-order valence-corrected chi connectivity index (χ3v) is 5.44. The molecule has 0 aliphatic rings. The number of rotatable bonds is 7. The lowest BCUT2D eigenvalue weighted by Gasteiger charge is -2.19. The Balaban J connectivity index is 1.47. The Morgan fingerprint density at radius 2 is 1.79 bits per heavy atom. The minimum Gasteiger partial charge on any atom is -0.497 e. The maximum atomic E-state index is 12.2. The van der Waals surface area contributed by atoms with E-state index in [4.69, 9.17) is 4.74 Å². The molecule has 0 radical (unpaired) electrons. The number of ether oxygens (including phenoxy) is 1. The van der Waals surface area contributed by atoms with Gasteiger partial charge in [0, 0.05) is 10.5 Å². The molecule has 0 spiro atoms. The summed E-state index contributed by atoms with van der Waals surface area (Å²) in [5.41, 5.74) is 2.29. The summed E-state index contributed by atoms with van der Waals surface area (Å²) < 4.78 is 5.15. The van der Waals surface area contributed by atoms with Crippen molar-refractivity contribution in [3.8, 4) is 17.1 Å². The van der Waals surface area contributed by atoms with Gasteiger partial charge in [-0.25, -0.2) is 4.98 Å². The first-order valence-corrected chi connectivity index (χ1v) is 10.4. The first-order valence-electron chi connectivity index (χ1n) is 9.41. The van der Waals surface area contributed by atoms with E-state index >= 15 is 0 Å². The van der Waals surface area contributed by atoms with Crippen molar-refractivity contribution in [3.05, 3.63) is 59.9 Å². The molecule has 0 unspecified atom stereocenters. The van der Waals surface area contributed by atoms with Crippen LogP contribution in [0.4, 0.5) is 0 Å². The van der Waals surface area contributed by atoms with Crippen LogP contribution in [0.1, 0.15) is 32.2 Å². The fourth-order valence-corrected chi connectivity index (χ4v) is 3.41. The number of methoxy groups -OCH3 is 1. The van der Waals surface area contributed by atoms with Crippen LogP contribution in [0.2, 0.25) is 0 Å². The van der Waals surface area contributed by atoms with E-state index in [1.165, 1.54) is 17.3 Å². The fraction of sp³-hybridized carbons (Fsp3) is 0.318. The van der Waals surface area contributed by atoms with Gasteiger partial charge in [0.25, 0.3) is 0 Å². The van der Waals surface area contributed by atoms with Crippen LogP contribution >= 0.6 is 11.8 Å². The van der Waals surface area contributed by atoms with Crippen molar-refractivity contribution in [2.24, 2.45) is 0 Å². The molecule has 0 aliphatic carbocycles. The maximum absolute atomic E-state index is 12.2. The summed E-state index contributed by atoms with van der Waals surface area (Å²) in [5, 5.41) is 9.95. The smallest absolute Gasteiger partial charge is 0.230 e. The first-order chi connectivity index (χ1) is 13.8. The number of amides is 1. The van der Waals surface area contributed by atoms with E-state index in [2.05, 4.69) is 65.5 Å². The Morgan fingerprint density at radius 1 is 1.10 bits per heavy atom. The van der Waals surface area contributed by atoms with Crippen LogP contribution in [0.5, 0.6) is 5.75 Å². The molecule has 29 heavy (non-hydrogen) atoms. The predicted molar refractivity (Wildman–Crippen MR) is 116 cm³/mol. The van der Waals surface area contributed by atoms with Crippen LogP contribution < -0.4 is 10.1 Å². The number of carbonyl (C=O) groups excluding carboxylic acids is 1. The first kappa shape index (κ1) is 20.9. The highest BCUT2D eigenvalue weighted by Crippen LogP contribution is 2.25. The van der Waals surface area contributed by atoms with Gasteiger partial charge in [-0.15, -0.1) is 11.8 Å². The molecule has 152 valence electrons. The maximum Gasteiger partial charge on any atom is 0.230 e. The number of carbonyl (C=O) groups is 1. The molecule has 0 bridgehead atoms. The highest BCUT2D eigenvalue weighted by molar-refractivity contribution is 8.00. The van der Waals surface area contributed by atoms with Crippen molar-refractivity contribution < 1.29 is 9.53 Å². The number of hydrogen-bond donors (Lipinski definition) is 2. The summed E-state index contributed by atoms with van der Waals surface area (Å²) in [6, 6.07) is 15.9. The lowest BCUT2D eigenvalue weighted by atomic mass is 9.87. The molecule has 2 aromatic carbocycles. The largest absolute Gasteiger partial charge is 0.497 e. The molecule has 1 aromatic heterocycles. The van der Waals surface area contributed by atoms with Crippen molar-refractivity contribution in [2.75, 3.05) is 12.9 Å². The van der Waals surface area contributed by atoms with E-state index in [1.807, 2.05) is 24.3 Å². The van der Waals surface area contributed by atoms with Crippen LogP contribution in [-0.2, 0) is 16.8 Å². The summed E-state index contributed by atoms with van der Waals surface area (Å²) in [6.07, 6.45) is 0. The quantitative estimate of drug-likeness (QED) is 0.571. The number of hydrogen-bond acceptors (Lipinski definition) is 5. The molecule has 3 rings (SSSR count). The monoisotopic (exact) mass is 410 g/mol. The second-order valence-corrected chi connectivity index (χ2v) is 8.72. The van der Waals surface area contributed by atoms with Crippen molar-refractivity contribution in [1.82, 2.24) is 20.5 Å². The molecular formula is C22H26N4O2S. The molecule has 1 amide bonds. The predicted octanol–water partition coefficient (Wildman–Crippen LogP) is 4.19. The second-order valence-electron chi connectivity index (χ2n) is 7.67. The van der Waals surface area contributed by atoms with Crippen molar-refractivity contribution in [2.45, 2.75) is 37.6 Å². The van der Waals surface area contributed by atoms with E-state index in [0.717, 1.165) is 16.2 Å². The molecule has 1 heterocycles. The molecule has 0 saturated heterocycles. The highest BCUT2D eigenvalue weighted by Gasteiger charge is 2.13. The third-order valence-electron chi connectivity index (χ3n) is 4.42. The van der Waals surface area contributed by atoms with Gasteiger partial charge in [0.05, 0.1) is 19.4 Å². The topological polar surface area (TPSA) is 79.9 Å². The zero-order chi connectivity index (χ0) is 20.9. The molecule has 0 saturated carbocycles. The Morgan fingerprint density at radius 3 is 2.41 bits per heavy atom. The van der Waals surface area contributed by atoms with Gasteiger partial charge in [-0.2, -0.15) is 5.10 Å². The Labute approximate surface area is 175 Å². The van der Waals surface area contributed by atoms with Gasteiger partial charge < -0.3 is 10.1 Å². The fourth-order valence-electron chi connectivity index (χ4n) is 2.68. The number of H-pyrrole nitrogens is 1. The normalized spacial score (nSPS) is 11.3. The van der Waals surface area contributed by atoms with Crippen LogP contribution in [0.3, 0.4) is 0 Å². The Bertz CT molecular complexity index is 944. The number of nitrogens with one attached hydrogen (secondary N) is 2. The molecule has 3 aromatic rings. The number of aromatic amines is 1. The number of nitrogens with zero attached hydrogens (tertiary/aromatic N) is 2. The average Bonchev–Trinajstić information content (AvgIpc) is 3.19. The average molecular weight is 411 g/mol. The minimum absolute atomic E-state index is 0.0442. The van der Waals surface area contributed by atoms with Crippen LogP contribution in [0.25, 0.3) is 11.4 Å². The number of thioether (sulfide) groups is 1. The van der Waals surface area contributed by atoms with Crippen LogP contribution in [-0.4, -0.2) is 34.0 Å². The lowest BCUT2D eigenvalue weighted by Crippen LogP contribution is -2.25. The second kappa shape index (κ2) is 9.13. The summed E-state index contributed by atoms with van der Waals surface area (Å²) in [6.45, 7) is 6.87. The van der Waals surface area contributed by atoms with E-state index < -0.39 is 0 Å². The van der Waals surface area contributed by atoms with Gasteiger partial charge in [0.15, 0.2) is 5.82 Å². The van der Waals surface area contributed by atoms with Gasteiger partial charge >= 0.3 is 0 Å².